The zero-order valence-corrected chi connectivity index (χ0v) is 12.4. The molecule has 114 valence electrons. The molecule has 21 heavy (non-hydrogen) atoms. The number of anilines is 1. The van der Waals surface area contributed by atoms with E-state index in [4.69, 9.17) is 5.73 Å². The predicted molar refractivity (Wildman–Crippen MR) is 81.3 cm³/mol. The largest absolute Gasteiger partial charge is 0.399 e. The average Bonchev–Trinajstić information content (AvgIpc) is 2.85. The Morgan fingerprint density at radius 1 is 1.29 bits per heavy atom. The van der Waals surface area contributed by atoms with E-state index in [1.54, 1.807) is 18.2 Å². The molecule has 6 nitrogen and oxygen atoms in total. The monoisotopic (exact) mass is 309 g/mol. The van der Waals surface area contributed by atoms with Gasteiger partial charge in [-0.3, -0.25) is 0 Å². The number of rotatable bonds is 3. The summed E-state index contributed by atoms with van der Waals surface area (Å²) >= 11 is 0. The minimum atomic E-state index is -3.69. The lowest BCUT2D eigenvalue weighted by atomic mass is 9.93. The van der Waals surface area contributed by atoms with E-state index >= 15 is 0 Å². The van der Waals surface area contributed by atoms with Crippen LogP contribution in [0.4, 0.5) is 5.69 Å². The zero-order chi connectivity index (χ0) is 15.0. The third-order valence-corrected chi connectivity index (χ3v) is 5.52. The van der Waals surface area contributed by atoms with Gasteiger partial charge in [0.05, 0.1) is 6.10 Å². The van der Waals surface area contributed by atoms with Crippen LogP contribution >= 0.6 is 0 Å². The molecule has 1 aromatic carbocycles. The SMILES string of the molecule is Nc1ccc2[nH]cc(S(=O)(=O)N[C@H]3CCCC[C@@H]3O)c2c1. The number of benzene rings is 1. The highest BCUT2D eigenvalue weighted by molar-refractivity contribution is 7.89. The lowest BCUT2D eigenvalue weighted by Gasteiger charge is -2.27. The summed E-state index contributed by atoms with van der Waals surface area (Å²) < 4.78 is 27.7. The highest BCUT2D eigenvalue weighted by atomic mass is 32.2. The van der Waals surface area contributed by atoms with Crippen molar-refractivity contribution in [2.75, 3.05) is 5.73 Å². The van der Waals surface area contributed by atoms with E-state index in [0.29, 0.717) is 29.4 Å². The molecule has 1 saturated carbocycles. The number of H-pyrrole nitrogens is 1. The quantitative estimate of drug-likeness (QED) is 0.641. The number of nitrogen functional groups attached to an aromatic ring is 1. The molecular formula is C14H19N3O3S. The number of nitrogens with two attached hydrogens (primary N) is 1. The molecule has 3 rings (SSSR count). The molecule has 0 spiro atoms. The normalized spacial score (nSPS) is 23.5. The van der Waals surface area contributed by atoms with Gasteiger partial charge in [-0.05, 0) is 31.0 Å². The number of aromatic nitrogens is 1. The molecule has 0 amide bonds. The second kappa shape index (κ2) is 5.32. The van der Waals surface area contributed by atoms with Crippen molar-refractivity contribution in [1.29, 1.82) is 0 Å². The van der Waals surface area contributed by atoms with Crippen LogP contribution in [0, 0.1) is 0 Å². The Morgan fingerprint density at radius 3 is 2.81 bits per heavy atom. The van der Waals surface area contributed by atoms with E-state index in [-0.39, 0.29) is 4.90 Å². The van der Waals surface area contributed by atoms with Gasteiger partial charge in [0.15, 0.2) is 0 Å². The highest BCUT2D eigenvalue weighted by Gasteiger charge is 2.29. The van der Waals surface area contributed by atoms with Crippen molar-refractivity contribution in [1.82, 2.24) is 9.71 Å². The molecule has 1 aromatic heterocycles. The fourth-order valence-electron chi connectivity index (χ4n) is 2.85. The standard InChI is InChI=1S/C14H19N3O3S/c15-9-5-6-11-10(7-9)14(8-16-11)21(19,20)17-12-3-1-2-4-13(12)18/h5-8,12-13,16-18H,1-4,15H2/t12-,13-/m0/s1. The van der Waals surface area contributed by atoms with Crippen LogP contribution in [0.5, 0.6) is 0 Å². The molecule has 2 aromatic rings. The number of aliphatic hydroxyl groups excluding tert-OH is 1. The van der Waals surface area contributed by atoms with E-state index in [2.05, 4.69) is 9.71 Å². The Balaban J connectivity index is 1.94. The molecule has 0 aliphatic heterocycles. The first-order valence-corrected chi connectivity index (χ1v) is 8.53. The molecule has 0 radical (unpaired) electrons. The molecule has 2 atom stereocenters. The first-order valence-electron chi connectivity index (χ1n) is 7.04. The molecule has 1 fully saturated rings. The van der Waals surface area contributed by atoms with E-state index < -0.39 is 22.2 Å². The lowest BCUT2D eigenvalue weighted by Crippen LogP contribution is -2.44. The second-order valence-electron chi connectivity index (χ2n) is 5.54. The minimum absolute atomic E-state index is 0.169. The minimum Gasteiger partial charge on any atom is -0.399 e. The van der Waals surface area contributed by atoms with Crippen LogP contribution in [-0.2, 0) is 10.0 Å². The Hall–Kier alpha value is -1.57. The van der Waals surface area contributed by atoms with E-state index in [1.807, 2.05) is 0 Å². The second-order valence-corrected chi connectivity index (χ2v) is 7.22. The van der Waals surface area contributed by atoms with Crippen molar-refractivity contribution in [2.45, 2.75) is 42.7 Å². The fraction of sp³-hybridized carbons (Fsp3) is 0.429. The van der Waals surface area contributed by atoms with Crippen LogP contribution < -0.4 is 10.5 Å². The van der Waals surface area contributed by atoms with Crippen LogP contribution in [0.15, 0.2) is 29.3 Å². The van der Waals surface area contributed by atoms with E-state index in [0.717, 1.165) is 12.8 Å². The van der Waals surface area contributed by atoms with Gasteiger partial charge in [-0.1, -0.05) is 12.8 Å². The van der Waals surface area contributed by atoms with Crippen molar-refractivity contribution < 1.29 is 13.5 Å². The van der Waals surface area contributed by atoms with Crippen LogP contribution in [0.3, 0.4) is 0 Å². The molecule has 1 aliphatic carbocycles. The van der Waals surface area contributed by atoms with Gasteiger partial charge < -0.3 is 15.8 Å². The van der Waals surface area contributed by atoms with Gasteiger partial charge in [0.2, 0.25) is 10.0 Å². The summed E-state index contributed by atoms with van der Waals surface area (Å²) in [7, 11) is -3.69. The van der Waals surface area contributed by atoms with Crippen molar-refractivity contribution in [3.8, 4) is 0 Å². The van der Waals surface area contributed by atoms with E-state index in [9.17, 15) is 13.5 Å². The summed E-state index contributed by atoms with van der Waals surface area (Å²) in [4.78, 5) is 3.10. The average molecular weight is 309 g/mol. The van der Waals surface area contributed by atoms with Gasteiger partial charge in [0, 0.05) is 28.8 Å². The van der Waals surface area contributed by atoms with Gasteiger partial charge in [0.25, 0.3) is 0 Å². The van der Waals surface area contributed by atoms with Gasteiger partial charge >= 0.3 is 0 Å². The van der Waals surface area contributed by atoms with Gasteiger partial charge in [-0.2, -0.15) is 0 Å². The molecule has 0 saturated heterocycles. The summed E-state index contributed by atoms with van der Waals surface area (Å²) in [6.45, 7) is 0. The third kappa shape index (κ3) is 2.76. The number of hydrogen-bond donors (Lipinski definition) is 4. The maximum absolute atomic E-state index is 12.5. The van der Waals surface area contributed by atoms with Gasteiger partial charge in [0.1, 0.15) is 4.90 Å². The third-order valence-electron chi connectivity index (χ3n) is 3.99. The molecule has 5 N–H and O–H groups in total. The van der Waals surface area contributed by atoms with Crippen LogP contribution in [0.25, 0.3) is 10.9 Å². The van der Waals surface area contributed by atoms with Crippen molar-refractivity contribution in [2.24, 2.45) is 0 Å². The Kier molecular flexibility index (Phi) is 3.64. The summed E-state index contributed by atoms with van der Waals surface area (Å²) in [5.41, 5.74) is 6.96. The number of fused-ring (bicyclic) bond motifs is 1. The van der Waals surface area contributed by atoms with Crippen LogP contribution in [0.1, 0.15) is 25.7 Å². The van der Waals surface area contributed by atoms with Crippen molar-refractivity contribution in [3.05, 3.63) is 24.4 Å². The molecule has 0 bridgehead atoms. The first kappa shape index (κ1) is 14.4. The topological polar surface area (TPSA) is 108 Å². The number of nitrogens with one attached hydrogen (secondary N) is 2. The Morgan fingerprint density at radius 2 is 2.05 bits per heavy atom. The maximum atomic E-state index is 12.5. The predicted octanol–water partition coefficient (Wildman–Crippen LogP) is 1.33. The molecule has 7 heteroatoms. The maximum Gasteiger partial charge on any atom is 0.243 e. The number of hydrogen-bond acceptors (Lipinski definition) is 4. The zero-order valence-electron chi connectivity index (χ0n) is 11.5. The van der Waals surface area contributed by atoms with E-state index in [1.165, 1.54) is 6.20 Å². The summed E-state index contributed by atoms with van der Waals surface area (Å²) in [6, 6.07) is 4.68. The first-order chi connectivity index (χ1) is 9.97. The summed E-state index contributed by atoms with van der Waals surface area (Å²) in [5.74, 6) is 0. The lowest BCUT2D eigenvalue weighted by molar-refractivity contribution is 0.101. The number of aromatic amines is 1. The Bertz CT molecular complexity index is 754. The van der Waals surface area contributed by atoms with Crippen LogP contribution in [0.2, 0.25) is 0 Å². The smallest absolute Gasteiger partial charge is 0.243 e. The van der Waals surface area contributed by atoms with Gasteiger partial charge in [-0.15, -0.1) is 0 Å². The molecule has 1 aliphatic rings. The summed E-state index contributed by atoms with van der Waals surface area (Å²) in [6.07, 6.45) is 3.98. The van der Waals surface area contributed by atoms with Crippen molar-refractivity contribution >= 4 is 26.6 Å². The van der Waals surface area contributed by atoms with Crippen LogP contribution in [-0.4, -0.2) is 30.7 Å². The van der Waals surface area contributed by atoms with Crippen molar-refractivity contribution in [3.63, 3.8) is 0 Å². The Labute approximate surface area is 123 Å². The number of sulfonamides is 1. The fourth-order valence-corrected chi connectivity index (χ4v) is 4.32. The highest BCUT2D eigenvalue weighted by Crippen LogP contribution is 2.26. The molecule has 1 heterocycles. The summed E-state index contributed by atoms with van der Waals surface area (Å²) in [5, 5.41) is 10.5. The number of aliphatic hydroxyl groups is 1. The molecule has 0 unspecified atom stereocenters. The van der Waals surface area contributed by atoms with Gasteiger partial charge in [-0.25, -0.2) is 13.1 Å². The molecular weight excluding hydrogens is 290 g/mol.